The normalized spacial score (nSPS) is 10.2. The summed E-state index contributed by atoms with van der Waals surface area (Å²) in [5.74, 6) is -2.51. The Kier molecular flexibility index (Phi) is 13.9. The van der Waals surface area contributed by atoms with Crippen LogP contribution in [0, 0.1) is 0 Å². The lowest BCUT2D eigenvalue weighted by Crippen LogP contribution is -2.12. The monoisotopic (exact) mass is 456 g/mol. The Morgan fingerprint density at radius 2 is 1.06 bits per heavy atom. The van der Waals surface area contributed by atoms with Crippen LogP contribution in [-0.4, -0.2) is 17.9 Å². The average Bonchev–Trinajstić information content (AvgIpc) is 2.81. The number of hydrogen-bond acceptors (Lipinski definition) is 6. The largest absolute Gasteiger partial charge is 0.419 e. The molecule has 0 heterocycles. The Hall–Kier alpha value is -3.15. The Morgan fingerprint density at radius 3 is 1.48 bits per heavy atom. The van der Waals surface area contributed by atoms with Gasteiger partial charge < -0.3 is 14.2 Å². The van der Waals surface area contributed by atoms with Gasteiger partial charge in [-0.15, -0.1) is 0 Å². The zero-order valence-corrected chi connectivity index (χ0v) is 19.7. The number of unbranched alkanes of at least 4 members (excludes halogenated alkanes) is 9. The van der Waals surface area contributed by atoms with Crippen molar-refractivity contribution in [1.82, 2.24) is 0 Å². The molecule has 0 spiro atoms. The summed E-state index contributed by atoms with van der Waals surface area (Å²) in [7, 11) is 0. The summed E-state index contributed by atoms with van der Waals surface area (Å²) < 4.78 is 15.7. The van der Waals surface area contributed by atoms with Gasteiger partial charge in [-0.05, 0) is 30.5 Å². The van der Waals surface area contributed by atoms with Crippen LogP contribution < -0.4 is 14.2 Å². The first-order chi connectivity index (χ1) is 15.9. The van der Waals surface area contributed by atoms with Crippen LogP contribution in [0.2, 0.25) is 0 Å². The molecule has 33 heavy (non-hydrogen) atoms. The second kappa shape index (κ2) is 16.5. The molecule has 0 amide bonds. The highest BCUT2D eigenvalue weighted by Gasteiger charge is 2.21. The first-order valence-electron chi connectivity index (χ1n) is 11.6. The molecule has 1 aromatic rings. The van der Waals surface area contributed by atoms with Crippen LogP contribution in [0.15, 0.2) is 50.1 Å². The Balaban J connectivity index is 2.85. The number of hydrogen-bond donors (Lipinski definition) is 0. The van der Waals surface area contributed by atoms with E-state index in [0.717, 1.165) is 43.1 Å². The van der Waals surface area contributed by atoms with Crippen LogP contribution in [0.1, 0.15) is 76.7 Å². The Bertz CT molecular complexity index is 781. The minimum absolute atomic E-state index is 0.0356. The highest BCUT2D eigenvalue weighted by atomic mass is 16.6. The van der Waals surface area contributed by atoms with Crippen LogP contribution in [0.4, 0.5) is 0 Å². The summed E-state index contributed by atoms with van der Waals surface area (Å²) in [6.45, 7) is 12.3. The van der Waals surface area contributed by atoms with Crippen molar-refractivity contribution in [2.75, 3.05) is 0 Å². The summed E-state index contributed by atoms with van der Waals surface area (Å²) in [4.78, 5) is 35.4. The summed E-state index contributed by atoms with van der Waals surface area (Å²) >= 11 is 0. The Labute approximate surface area is 197 Å². The van der Waals surface area contributed by atoms with Gasteiger partial charge in [0.2, 0.25) is 5.75 Å². The highest BCUT2D eigenvalue weighted by Crippen LogP contribution is 2.40. The minimum Gasteiger partial charge on any atom is -0.419 e. The molecule has 0 radical (unpaired) electrons. The third-order valence-electron chi connectivity index (χ3n) is 5.02. The molecule has 0 bridgehead atoms. The molecule has 6 heteroatoms. The van der Waals surface area contributed by atoms with E-state index in [-0.39, 0.29) is 17.2 Å². The Morgan fingerprint density at radius 1 is 0.667 bits per heavy atom. The molecule has 0 atom stereocenters. The predicted octanol–water partition coefficient (Wildman–Crippen LogP) is 6.42. The topological polar surface area (TPSA) is 78.9 Å². The quantitative estimate of drug-likeness (QED) is 0.116. The maximum absolute atomic E-state index is 11.8. The van der Waals surface area contributed by atoms with E-state index in [0.29, 0.717) is 6.42 Å². The van der Waals surface area contributed by atoms with E-state index in [1.807, 2.05) is 0 Å². The van der Waals surface area contributed by atoms with Crippen molar-refractivity contribution in [3.63, 3.8) is 0 Å². The molecule has 0 unspecified atom stereocenters. The number of benzene rings is 1. The van der Waals surface area contributed by atoms with Crippen molar-refractivity contribution < 1.29 is 28.6 Å². The SMILES string of the molecule is C=CC(=O)Oc1cc(CCCCCCCCCCCC)cc(OC(=O)C=C)c1OC(=O)C=C. The second-order valence-electron chi connectivity index (χ2n) is 7.73. The number of rotatable bonds is 17. The van der Waals surface area contributed by atoms with Gasteiger partial charge in [0, 0.05) is 18.2 Å². The van der Waals surface area contributed by atoms with E-state index in [4.69, 9.17) is 14.2 Å². The van der Waals surface area contributed by atoms with Gasteiger partial charge in [0.25, 0.3) is 0 Å². The van der Waals surface area contributed by atoms with Crippen molar-refractivity contribution in [2.24, 2.45) is 0 Å². The molecule has 0 aliphatic rings. The first-order valence-corrected chi connectivity index (χ1v) is 11.6. The maximum Gasteiger partial charge on any atom is 0.335 e. The molecule has 1 aromatic carbocycles. The lowest BCUT2D eigenvalue weighted by Gasteiger charge is -2.15. The lowest BCUT2D eigenvalue weighted by atomic mass is 10.0. The molecule has 0 saturated heterocycles. The van der Waals surface area contributed by atoms with Gasteiger partial charge in [-0.2, -0.15) is 0 Å². The smallest absolute Gasteiger partial charge is 0.335 e. The van der Waals surface area contributed by atoms with Crippen molar-refractivity contribution in [3.05, 3.63) is 55.7 Å². The molecule has 6 nitrogen and oxygen atoms in total. The van der Waals surface area contributed by atoms with Crippen molar-refractivity contribution in [3.8, 4) is 17.2 Å². The number of aryl methyl sites for hydroxylation is 1. The van der Waals surface area contributed by atoms with E-state index in [1.165, 1.54) is 44.9 Å². The van der Waals surface area contributed by atoms with Crippen LogP contribution >= 0.6 is 0 Å². The molecule has 0 aliphatic carbocycles. The van der Waals surface area contributed by atoms with E-state index in [9.17, 15) is 14.4 Å². The molecule has 0 N–H and O–H groups in total. The number of ether oxygens (including phenoxy) is 3. The van der Waals surface area contributed by atoms with Crippen LogP contribution in [-0.2, 0) is 20.8 Å². The zero-order valence-electron chi connectivity index (χ0n) is 19.7. The van der Waals surface area contributed by atoms with Gasteiger partial charge in [0.05, 0.1) is 0 Å². The molecular formula is C27H36O6. The third kappa shape index (κ3) is 11.3. The summed E-state index contributed by atoms with van der Waals surface area (Å²) in [6.07, 6.45) is 15.7. The van der Waals surface area contributed by atoms with Crippen molar-refractivity contribution >= 4 is 17.9 Å². The van der Waals surface area contributed by atoms with Crippen LogP contribution in [0.25, 0.3) is 0 Å². The first kappa shape index (κ1) is 27.9. The number of carbonyl (C=O) groups is 3. The lowest BCUT2D eigenvalue weighted by molar-refractivity contribution is -0.132. The third-order valence-corrected chi connectivity index (χ3v) is 5.02. The van der Waals surface area contributed by atoms with E-state index in [2.05, 4.69) is 26.7 Å². The summed E-state index contributed by atoms with van der Waals surface area (Å²) in [5, 5.41) is 0. The number of esters is 3. The molecule has 0 aliphatic heterocycles. The van der Waals surface area contributed by atoms with Gasteiger partial charge in [0.1, 0.15) is 0 Å². The molecule has 0 aromatic heterocycles. The fourth-order valence-corrected chi connectivity index (χ4v) is 3.29. The molecule has 180 valence electrons. The second-order valence-corrected chi connectivity index (χ2v) is 7.73. The van der Waals surface area contributed by atoms with Gasteiger partial charge in [0.15, 0.2) is 11.5 Å². The standard InChI is InChI=1S/C27H36O6/c1-5-9-10-11-12-13-14-15-16-17-18-21-19-22(31-24(28)6-2)27(33-26(30)8-4)23(20-21)32-25(29)7-3/h6-8,19-20H,2-5,9-18H2,1H3. The average molecular weight is 457 g/mol. The van der Waals surface area contributed by atoms with Crippen LogP contribution in [0.3, 0.4) is 0 Å². The highest BCUT2D eigenvalue weighted by molar-refractivity contribution is 5.88. The van der Waals surface area contributed by atoms with Gasteiger partial charge >= 0.3 is 17.9 Å². The fourth-order valence-electron chi connectivity index (χ4n) is 3.29. The maximum atomic E-state index is 11.8. The zero-order chi connectivity index (χ0) is 24.5. The van der Waals surface area contributed by atoms with Crippen molar-refractivity contribution in [1.29, 1.82) is 0 Å². The predicted molar refractivity (Wildman–Crippen MR) is 129 cm³/mol. The van der Waals surface area contributed by atoms with Gasteiger partial charge in [-0.1, -0.05) is 84.4 Å². The molecule has 1 rings (SSSR count). The number of carbonyl (C=O) groups excluding carboxylic acids is 3. The molecule has 0 saturated carbocycles. The van der Waals surface area contributed by atoms with E-state index in [1.54, 1.807) is 12.1 Å². The van der Waals surface area contributed by atoms with Gasteiger partial charge in [-0.25, -0.2) is 14.4 Å². The molecule has 0 fully saturated rings. The van der Waals surface area contributed by atoms with E-state index >= 15 is 0 Å². The molecular weight excluding hydrogens is 420 g/mol. The van der Waals surface area contributed by atoms with Gasteiger partial charge in [-0.3, -0.25) is 0 Å². The van der Waals surface area contributed by atoms with Crippen molar-refractivity contribution in [2.45, 2.75) is 77.6 Å². The fraction of sp³-hybridized carbons (Fsp3) is 0.444. The minimum atomic E-state index is -0.788. The summed E-state index contributed by atoms with van der Waals surface area (Å²) in [5.41, 5.74) is 0.784. The van der Waals surface area contributed by atoms with Crippen LogP contribution in [0.5, 0.6) is 17.2 Å². The summed E-state index contributed by atoms with van der Waals surface area (Å²) in [6, 6.07) is 3.21. The van der Waals surface area contributed by atoms with E-state index < -0.39 is 17.9 Å².